The van der Waals surface area contributed by atoms with Gasteiger partial charge in [-0.3, -0.25) is 10.2 Å². The first-order valence-corrected chi connectivity index (χ1v) is 7.39. The third-order valence-electron chi connectivity index (χ3n) is 3.57. The molecule has 0 aliphatic rings. The molecule has 0 heterocycles. The summed E-state index contributed by atoms with van der Waals surface area (Å²) in [5.41, 5.74) is 5.86. The van der Waals surface area contributed by atoms with Crippen molar-refractivity contribution in [1.29, 1.82) is 0 Å². The Bertz CT molecular complexity index is 549. The van der Waals surface area contributed by atoms with Gasteiger partial charge in [0, 0.05) is 0 Å². The largest absolute Gasteiger partial charge is 0.294 e. The lowest BCUT2D eigenvalue weighted by Gasteiger charge is -2.05. The predicted octanol–water partition coefficient (Wildman–Crippen LogP) is 2.78. The summed E-state index contributed by atoms with van der Waals surface area (Å²) < 4.78 is 0. The molecule has 0 aliphatic carbocycles. The van der Waals surface area contributed by atoms with Crippen molar-refractivity contribution in [2.75, 3.05) is 0 Å². The van der Waals surface area contributed by atoms with E-state index in [9.17, 15) is 4.79 Å². The van der Waals surface area contributed by atoms with Gasteiger partial charge < -0.3 is 0 Å². The van der Waals surface area contributed by atoms with Gasteiger partial charge in [0.2, 0.25) is 5.91 Å². The maximum Gasteiger partial charge on any atom is 0.238 e. The van der Waals surface area contributed by atoms with E-state index in [4.69, 9.17) is 5.84 Å². The number of hydrogen-bond donors (Lipinski definition) is 2. The van der Waals surface area contributed by atoms with Crippen LogP contribution in [0.25, 0.3) is 0 Å². The molecule has 110 valence electrons. The zero-order chi connectivity index (χ0) is 14.9. The van der Waals surface area contributed by atoms with Crippen LogP contribution in [0, 0.1) is 0 Å². The van der Waals surface area contributed by atoms with Crippen molar-refractivity contribution in [3.63, 3.8) is 0 Å². The first kappa shape index (κ1) is 15.3. The van der Waals surface area contributed by atoms with Crippen molar-refractivity contribution in [3.8, 4) is 0 Å². The second-order valence-corrected chi connectivity index (χ2v) is 5.25. The minimum atomic E-state index is -0.161. The highest BCUT2D eigenvalue weighted by Gasteiger charge is 2.01. The monoisotopic (exact) mass is 282 g/mol. The topological polar surface area (TPSA) is 55.1 Å². The zero-order valence-electron chi connectivity index (χ0n) is 12.2. The summed E-state index contributed by atoms with van der Waals surface area (Å²) >= 11 is 0. The predicted molar refractivity (Wildman–Crippen MR) is 85.6 cm³/mol. The average Bonchev–Trinajstić information content (AvgIpc) is 2.54. The number of amides is 1. The fourth-order valence-corrected chi connectivity index (χ4v) is 2.36. The molecule has 0 bridgehead atoms. The third-order valence-corrected chi connectivity index (χ3v) is 3.57. The summed E-state index contributed by atoms with van der Waals surface area (Å²) in [5, 5.41) is 0. The molecule has 2 aromatic carbocycles. The smallest absolute Gasteiger partial charge is 0.238 e. The van der Waals surface area contributed by atoms with Gasteiger partial charge in [0.25, 0.3) is 0 Å². The van der Waals surface area contributed by atoms with Crippen molar-refractivity contribution in [2.24, 2.45) is 5.84 Å². The molecule has 0 unspecified atom stereocenters. The highest BCUT2D eigenvalue weighted by Crippen LogP contribution is 2.11. The number of nitrogens with two attached hydrogens (primary N) is 1. The van der Waals surface area contributed by atoms with Crippen molar-refractivity contribution in [2.45, 2.75) is 32.1 Å². The number of rotatable bonds is 7. The van der Waals surface area contributed by atoms with Crippen LogP contribution in [0.2, 0.25) is 0 Å². The molecule has 2 rings (SSSR count). The first-order chi connectivity index (χ1) is 10.3. The van der Waals surface area contributed by atoms with Crippen molar-refractivity contribution in [3.05, 3.63) is 71.3 Å². The number of carbonyl (C=O) groups excluding carboxylic acids is 1. The maximum absolute atomic E-state index is 11.2. The molecule has 0 spiro atoms. The Morgan fingerprint density at radius 2 is 1.33 bits per heavy atom. The highest BCUT2D eigenvalue weighted by atomic mass is 16.2. The summed E-state index contributed by atoms with van der Waals surface area (Å²) in [4.78, 5) is 11.2. The Balaban J connectivity index is 1.72. The van der Waals surface area contributed by atoms with Gasteiger partial charge in [-0.1, -0.05) is 54.6 Å². The van der Waals surface area contributed by atoms with E-state index in [-0.39, 0.29) is 5.91 Å². The number of hydrogen-bond acceptors (Lipinski definition) is 2. The number of aryl methyl sites for hydroxylation is 2. The molecule has 0 atom stereocenters. The molecule has 3 heteroatoms. The van der Waals surface area contributed by atoms with Crippen LogP contribution in [0.5, 0.6) is 0 Å². The van der Waals surface area contributed by atoms with Crippen LogP contribution in [-0.2, 0) is 24.1 Å². The Labute approximate surface area is 126 Å². The molecule has 0 aliphatic heterocycles. The fourth-order valence-electron chi connectivity index (χ4n) is 2.36. The van der Waals surface area contributed by atoms with Crippen molar-refractivity contribution in [1.82, 2.24) is 5.43 Å². The van der Waals surface area contributed by atoms with Gasteiger partial charge in [0.15, 0.2) is 0 Å². The van der Waals surface area contributed by atoms with E-state index >= 15 is 0 Å². The molecule has 2 aromatic rings. The second-order valence-electron chi connectivity index (χ2n) is 5.25. The molecule has 3 N–H and O–H groups in total. The molecule has 21 heavy (non-hydrogen) atoms. The zero-order valence-corrected chi connectivity index (χ0v) is 12.2. The van der Waals surface area contributed by atoms with E-state index in [1.165, 1.54) is 24.0 Å². The van der Waals surface area contributed by atoms with Crippen molar-refractivity contribution < 1.29 is 4.79 Å². The minimum Gasteiger partial charge on any atom is -0.294 e. The quantitative estimate of drug-likeness (QED) is 0.355. The van der Waals surface area contributed by atoms with Gasteiger partial charge in [-0.15, -0.1) is 0 Å². The Morgan fingerprint density at radius 3 is 1.90 bits per heavy atom. The third kappa shape index (κ3) is 5.40. The molecular weight excluding hydrogens is 260 g/mol. The lowest BCUT2D eigenvalue weighted by molar-refractivity contribution is -0.120. The molecular formula is C18H22N2O. The SMILES string of the molecule is NNC(=O)Cc1ccc(CCCCc2ccccc2)cc1. The van der Waals surface area contributed by atoms with E-state index in [2.05, 4.69) is 47.9 Å². The first-order valence-electron chi connectivity index (χ1n) is 7.39. The van der Waals surface area contributed by atoms with Gasteiger partial charge in [0.05, 0.1) is 6.42 Å². The van der Waals surface area contributed by atoms with E-state index in [0.717, 1.165) is 18.4 Å². The minimum absolute atomic E-state index is 0.161. The normalized spacial score (nSPS) is 10.3. The molecule has 0 saturated heterocycles. The van der Waals surface area contributed by atoms with Gasteiger partial charge in [-0.2, -0.15) is 0 Å². The van der Waals surface area contributed by atoms with E-state index < -0.39 is 0 Å². The van der Waals surface area contributed by atoms with E-state index in [1.807, 2.05) is 12.1 Å². The number of benzene rings is 2. The van der Waals surface area contributed by atoms with Gasteiger partial charge in [-0.05, 0) is 42.4 Å². The Morgan fingerprint density at radius 1 is 0.810 bits per heavy atom. The summed E-state index contributed by atoms with van der Waals surface area (Å²) in [5.74, 6) is 4.92. The standard InChI is InChI=1S/C18H22N2O/c19-20-18(21)14-17-12-10-16(11-13-17)9-5-4-8-15-6-2-1-3-7-15/h1-3,6-7,10-13H,4-5,8-9,14,19H2,(H,20,21). The second kappa shape index (κ2) is 8.22. The Hall–Kier alpha value is -2.13. The van der Waals surface area contributed by atoms with Crippen molar-refractivity contribution >= 4 is 5.91 Å². The molecule has 3 nitrogen and oxygen atoms in total. The van der Waals surface area contributed by atoms with Crippen LogP contribution in [0.4, 0.5) is 0 Å². The van der Waals surface area contributed by atoms with E-state index in [1.54, 1.807) is 0 Å². The van der Waals surface area contributed by atoms with Crippen LogP contribution in [0.3, 0.4) is 0 Å². The Kier molecular flexibility index (Phi) is 5.98. The van der Waals surface area contributed by atoms with Crippen LogP contribution in [0.1, 0.15) is 29.5 Å². The van der Waals surface area contributed by atoms with Crippen LogP contribution in [0.15, 0.2) is 54.6 Å². The fraction of sp³-hybridized carbons (Fsp3) is 0.278. The molecule has 0 aromatic heterocycles. The van der Waals surface area contributed by atoms with Gasteiger partial charge in [-0.25, -0.2) is 5.84 Å². The lowest BCUT2D eigenvalue weighted by atomic mass is 10.0. The average molecular weight is 282 g/mol. The molecule has 0 saturated carbocycles. The van der Waals surface area contributed by atoms with Crippen LogP contribution >= 0.6 is 0 Å². The van der Waals surface area contributed by atoms with Crippen LogP contribution in [-0.4, -0.2) is 5.91 Å². The number of carbonyl (C=O) groups is 1. The molecule has 0 radical (unpaired) electrons. The summed E-state index contributed by atoms with van der Waals surface area (Å²) in [6.45, 7) is 0. The summed E-state index contributed by atoms with van der Waals surface area (Å²) in [6, 6.07) is 18.8. The summed E-state index contributed by atoms with van der Waals surface area (Å²) in [7, 11) is 0. The molecule has 0 fully saturated rings. The molecule has 1 amide bonds. The van der Waals surface area contributed by atoms with Gasteiger partial charge in [0.1, 0.15) is 0 Å². The van der Waals surface area contributed by atoms with Crippen LogP contribution < -0.4 is 11.3 Å². The van der Waals surface area contributed by atoms with Gasteiger partial charge >= 0.3 is 0 Å². The highest BCUT2D eigenvalue weighted by molar-refractivity contribution is 5.77. The summed E-state index contributed by atoms with van der Waals surface area (Å²) in [6.07, 6.45) is 4.93. The maximum atomic E-state index is 11.2. The number of unbranched alkanes of at least 4 members (excludes halogenated alkanes) is 1. The lowest BCUT2D eigenvalue weighted by Crippen LogP contribution is -2.31. The van der Waals surface area contributed by atoms with E-state index in [0.29, 0.717) is 6.42 Å². The number of hydrazine groups is 1. The number of nitrogens with one attached hydrogen (secondary N) is 1.